The third-order valence-electron chi connectivity index (χ3n) is 1.48. The summed E-state index contributed by atoms with van der Waals surface area (Å²) in [7, 11) is 0. The number of rotatable bonds is 3. The lowest BCUT2D eigenvalue weighted by molar-refractivity contribution is 0.385. The fourth-order valence-corrected chi connectivity index (χ4v) is 1.25. The fraction of sp³-hybridized carbons (Fsp3) is 0.200. The van der Waals surface area contributed by atoms with Crippen LogP contribution in [0.1, 0.15) is 5.56 Å². The summed E-state index contributed by atoms with van der Waals surface area (Å²) in [6, 6.07) is 11.2. The Morgan fingerprint density at radius 3 is 2.47 bits per heavy atom. The van der Waals surface area contributed by atoms with Crippen molar-refractivity contribution in [3.8, 4) is 6.07 Å². The predicted octanol–water partition coefficient (Wildman–Crippen LogP) is 2.58. The zero-order chi connectivity index (χ0) is 11.3. The lowest BCUT2D eigenvalue weighted by Crippen LogP contribution is -1.97. The molecule has 0 aliphatic rings. The van der Waals surface area contributed by atoms with Crippen LogP contribution >= 0.6 is 6.26 Å². The first-order valence-electron chi connectivity index (χ1n) is 4.30. The average Bonchev–Trinajstić information content (AvgIpc) is 2.19. The van der Waals surface area contributed by atoms with Crippen LogP contribution in [0, 0.1) is 11.3 Å². The molecule has 1 rings (SSSR count). The van der Waals surface area contributed by atoms with Crippen LogP contribution in [0.25, 0.3) is 0 Å². The first-order valence-corrected chi connectivity index (χ1v) is 7.91. The van der Waals surface area contributed by atoms with E-state index in [0.29, 0.717) is 0 Å². The van der Waals surface area contributed by atoms with Gasteiger partial charge in [0, 0.05) is 18.9 Å². The molecule has 5 heteroatoms. The summed E-state index contributed by atoms with van der Waals surface area (Å²) in [6.07, 6.45) is -1.86. The third kappa shape index (κ3) is 4.24. The Labute approximate surface area is 94.5 Å². The molecule has 15 heavy (non-hydrogen) atoms. The topological polar surface area (TPSA) is 45.4 Å². The van der Waals surface area contributed by atoms with E-state index in [9.17, 15) is 0 Å². The molecule has 1 aromatic rings. The van der Waals surface area contributed by atoms with Gasteiger partial charge in [0.25, 0.3) is 0 Å². The Bertz CT molecular complexity index is 444. The Balaban J connectivity index is 2.92. The third-order valence-corrected chi connectivity index (χ3v) is 2.16. The summed E-state index contributed by atoms with van der Waals surface area (Å²) in [5.41, 5.74) is 0.997. The van der Waals surface area contributed by atoms with Gasteiger partial charge in [-0.1, -0.05) is 47.3 Å². The number of nitriles is 1. The minimum Gasteiger partial charge on any atom is -0.369 e. The highest BCUT2D eigenvalue weighted by molar-refractivity contribution is 8.11. The van der Waals surface area contributed by atoms with Gasteiger partial charge in [0.05, 0.1) is 0 Å². The maximum absolute atomic E-state index is 8.89. The molecule has 0 heterocycles. The van der Waals surface area contributed by atoms with Gasteiger partial charge in [-0.15, -0.1) is 0 Å². The summed E-state index contributed by atoms with van der Waals surface area (Å²) in [6.45, 7) is 3.62. The van der Waals surface area contributed by atoms with Crippen LogP contribution in [0.15, 0.2) is 35.5 Å². The van der Waals surface area contributed by atoms with Crippen LogP contribution in [-0.2, 0) is 16.4 Å². The van der Waals surface area contributed by atoms with E-state index in [-0.39, 0.29) is 5.71 Å². The van der Waals surface area contributed by atoms with E-state index in [1.807, 2.05) is 37.6 Å². The molecular formula is C10H11N2OPS. The van der Waals surface area contributed by atoms with E-state index in [1.54, 1.807) is 12.1 Å². The number of oxime groups is 1. The first-order chi connectivity index (χ1) is 7.03. The van der Waals surface area contributed by atoms with Gasteiger partial charge in [-0.05, 0) is 0 Å². The second kappa shape index (κ2) is 5.06. The molecule has 0 unspecified atom stereocenters. The van der Waals surface area contributed by atoms with Crippen molar-refractivity contribution >= 4 is 23.8 Å². The van der Waals surface area contributed by atoms with Crippen LogP contribution in [0.5, 0.6) is 0 Å². The van der Waals surface area contributed by atoms with Crippen LogP contribution < -0.4 is 0 Å². The van der Waals surface area contributed by atoms with E-state index in [0.717, 1.165) is 5.56 Å². The summed E-state index contributed by atoms with van der Waals surface area (Å²) in [5.74, 6) is 0. The molecule has 0 radical (unpaired) electrons. The van der Waals surface area contributed by atoms with E-state index in [4.69, 9.17) is 21.7 Å². The largest absolute Gasteiger partial charge is 0.369 e. The van der Waals surface area contributed by atoms with Crippen LogP contribution in [0.3, 0.4) is 0 Å². The van der Waals surface area contributed by atoms with E-state index in [2.05, 4.69) is 5.16 Å². The first kappa shape index (κ1) is 11.9. The van der Waals surface area contributed by atoms with E-state index >= 15 is 0 Å². The second-order valence-corrected chi connectivity index (χ2v) is 8.56. The van der Waals surface area contributed by atoms with Crippen molar-refractivity contribution in [3.63, 3.8) is 0 Å². The lowest BCUT2D eigenvalue weighted by atomic mass is 10.1. The average molecular weight is 238 g/mol. The summed E-state index contributed by atoms with van der Waals surface area (Å²) < 4.78 is 5.13. The lowest BCUT2D eigenvalue weighted by Gasteiger charge is -2.06. The van der Waals surface area contributed by atoms with Crippen LogP contribution in [0.4, 0.5) is 0 Å². The molecule has 0 fully saturated rings. The smallest absolute Gasteiger partial charge is 0.187 e. The molecule has 3 nitrogen and oxygen atoms in total. The summed E-state index contributed by atoms with van der Waals surface area (Å²) >= 11 is 5.07. The highest BCUT2D eigenvalue weighted by Gasteiger charge is 2.05. The Hall–Kier alpha value is -1.17. The van der Waals surface area contributed by atoms with Gasteiger partial charge in [-0.3, -0.25) is 0 Å². The zero-order valence-corrected chi connectivity index (χ0v) is 10.3. The maximum atomic E-state index is 8.89. The van der Waals surface area contributed by atoms with Crippen LogP contribution in [0.2, 0.25) is 0 Å². The SMILES string of the molecule is CP(C)(=S)ON=C(C#N)c1ccccc1. The number of hydrogen-bond acceptors (Lipinski definition) is 4. The Morgan fingerprint density at radius 1 is 1.40 bits per heavy atom. The second-order valence-electron chi connectivity index (χ2n) is 3.25. The minimum absolute atomic E-state index is 0.258. The number of nitrogens with zero attached hydrogens (tertiary/aromatic N) is 2. The highest BCUT2D eigenvalue weighted by Crippen LogP contribution is 2.38. The van der Waals surface area contributed by atoms with Crippen molar-refractivity contribution in [2.75, 3.05) is 13.3 Å². The quantitative estimate of drug-likeness (QED) is 0.462. The molecule has 0 aliphatic carbocycles. The number of benzene rings is 1. The number of hydrogen-bond donors (Lipinski definition) is 0. The normalized spacial score (nSPS) is 11.9. The molecule has 0 saturated heterocycles. The molecule has 0 N–H and O–H groups in total. The molecule has 0 spiro atoms. The van der Waals surface area contributed by atoms with Crippen molar-refractivity contribution in [2.45, 2.75) is 0 Å². The Kier molecular flexibility index (Phi) is 4.02. The van der Waals surface area contributed by atoms with Gasteiger partial charge in [0.2, 0.25) is 0 Å². The molecule has 0 atom stereocenters. The Morgan fingerprint density at radius 2 is 2.00 bits per heavy atom. The summed E-state index contributed by atoms with van der Waals surface area (Å²) in [4.78, 5) is 0. The summed E-state index contributed by atoms with van der Waals surface area (Å²) in [5, 5.41) is 12.7. The van der Waals surface area contributed by atoms with Crippen LogP contribution in [-0.4, -0.2) is 19.0 Å². The maximum Gasteiger partial charge on any atom is 0.187 e. The van der Waals surface area contributed by atoms with Gasteiger partial charge in [0.1, 0.15) is 12.3 Å². The van der Waals surface area contributed by atoms with Gasteiger partial charge < -0.3 is 4.62 Å². The van der Waals surface area contributed by atoms with Crippen molar-refractivity contribution in [1.82, 2.24) is 0 Å². The standard InChI is InChI=1S/C10H11N2OPS/c1-14(2,15)13-12-10(8-11)9-6-4-3-5-7-9/h3-7H,1-2H3. The molecule has 0 saturated carbocycles. The van der Waals surface area contributed by atoms with Crippen molar-refractivity contribution < 1.29 is 4.62 Å². The zero-order valence-electron chi connectivity index (χ0n) is 8.54. The molecule has 1 aromatic carbocycles. The van der Waals surface area contributed by atoms with Gasteiger partial charge in [-0.25, -0.2) is 0 Å². The molecule has 0 aromatic heterocycles. The van der Waals surface area contributed by atoms with Crippen molar-refractivity contribution in [1.29, 1.82) is 5.26 Å². The molecule has 0 bridgehead atoms. The monoisotopic (exact) mass is 238 g/mol. The van der Waals surface area contributed by atoms with E-state index in [1.165, 1.54) is 0 Å². The highest BCUT2D eigenvalue weighted by atomic mass is 32.4. The minimum atomic E-state index is -1.86. The molecule has 78 valence electrons. The predicted molar refractivity (Wildman–Crippen MR) is 65.8 cm³/mol. The molecular weight excluding hydrogens is 227 g/mol. The van der Waals surface area contributed by atoms with Gasteiger partial charge in [-0.2, -0.15) is 5.26 Å². The van der Waals surface area contributed by atoms with E-state index < -0.39 is 6.26 Å². The van der Waals surface area contributed by atoms with Gasteiger partial charge in [0.15, 0.2) is 5.71 Å². The molecule has 0 aliphatic heterocycles. The fourth-order valence-electron chi connectivity index (χ4n) is 0.873. The van der Waals surface area contributed by atoms with Crippen molar-refractivity contribution in [2.24, 2.45) is 5.16 Å². The van der Waals surface area contributed by atoms with Crippen molar-refractivity contribution in [3.05, 3.63) is 35.9 Å². The van der Waals surface area contributed by atoms with Gasteiger partial charge >= 0.3 is 0 Å². The molecule has 0 amide bonds.